The number of hydrogen-bond donors (Lipinski definition) is 2. The number of hydrogen-bond acceptors (Lipinski definition) is 3. The van der Waals surface area contributed by atoms with E-state index in [1.165, 1.54) is 6.42 Å². The molecule has 0 unspecified atom stereocenters. The molecule has 0 bridgehead atoms. The Labute approximate surface area is 187 Å². The second kappa shape index (κ2) is 7.91. The molecule has 4 aliphatic carbocycles. The van der Waals surface area contributed by atoms with Crippen molar-refractivity contribution in [3.63, 3.8) is 0 Å². The van der Waals surface area contributed by atoms with E-state index >= 15 is 0 Å². The van der Waals surface area contributed by atoms with Gasteiger partial charge in [-0.3, -0.25) is 0 Å². The van der Waals surface area contributed by atoms with Gasteiger partial charge in [0.15, 0.2) is 0 Å². The van der Waals surface area contributed by atoms with Crippen molar-refractivity contribution < 1.29 is 23.7 Å². The number of rotatable bonds is 5. The van der Waals surface area contributed by atoms with Crippen molar-refractivity contribution in [1.82, 2.24) is 0 Å². The van der Waals surface area contributed by atoms with Crippen LogP contribution in [0.4, 0.5) is 8.78 Å². The Bertz CT molecular complexity index is 666. The van der Waals surface area contributed by atoms with Gasteiger partial charge >= 0.3 is 0 Å². The zero-order valence-corrected chi connectivity index (χ0v) is 20.2. The monoisotopic (exact) mass is 442 g/mol. The zero-order valence-electron chi connectivity index (χ0n) is 20.2. The summed E-state index contributed by atoms with van der Waals surface area (Å²) in [5, 5.41) is 21.4. The van der Waals surface area contributed by atoms with Gasteiger partial charge in [-0.15, -0.1) is 0 Å². The molecular weight excluding hydrogens is 398 g/mol. The van der Waals surface area contributed by atoms with Gasteiger partial charge in [0.05, 0.1) is 12.2 Å². The van der Waals surface area contributed by atoms with Gasteiger partial charge in [0.2, 0.25) is 0 Å². The Balaban J connectivity index is 1.53. The van der Waals surface area contributed by atoms with E-state index in [4.69, 9.17) is 4.74 Å². The average molecular weight is 443 g/mol. The topological polar surface area (TPSA) is 49.7 Å². The maximum absolute atomic E-state index is 13.9. The average Bonchev–Trinajstić information content (AvgIpc) is 3.04. The minimum absolute atomic E-state index is 0.0570. The summed E-state index contributed by atoms with van der Waals surface area (Å²) in [6.45, 7) is 7.95. The minimum Gasteiger partial charge on any atom is -0.387 e. The number of aliphatic hydroxyl groups excluding tert-OH is 1. The lowest BCUT2D eigenvalue weighted by molar-refractivity contribution is -0.170. The van der Waals surface area contributed by atoms with Crippen molar-refractivity contribution in [2.24, 2.45) is 46.3 Å². The van der Waals surface area contributed by atoms with E-state index in [-0.39, 0.29) is 22.7 Å². The molecule has 31 heavy (non-hydrogen) atoms. The van der Waals surface area contributed by atoms with Crippen LogP contribution in [0.15, 0.2) is 0 Å². The van der Waals surface area contributed by atoms with E-state index in [0.29, 0.717) is 30.3 Å². The fourth-order valence-corrected chi connectivity index (χ4v) is 9.31. The first-order valence-corrected chi connectivity index (χ1v) is 12.6. The summed E-state index contributed by atoms with van der Waals surface area (Å²) >= 11 is 0. The minimum atomic E-state index is -3.04. The predicted molar refractivity (Wildman–Crippen MR) is 118 cm³/mol. The van der Waals surface area contributed by atoms with E-state index in [1.807, 2.05) is 6.92 Å². The van der Waals surface area contributed by atoms with Gasteiger partial charge in [0.25, 0.3) is 5.92 Å². The van der Waals surface area contributed by atoms with E-state index < -0.39 is 17.6 Å². The number of fused-ring (bicyclic) bond motifs is 5. The van der Waals surface area contributed by atoms with Gasteiger partial charge in [-0.25, -0.2) is 8.78 Å². The molecule has 0 heterocycles. The Hall–Kier alpha value is -0.260. The van der Waals surface area contributed by atoms with Gasteiger partial charge in [-0.2, -0.15) is 0 Å². The highest BCUT2D eigenvalue weighted by Crippen LogP contribution is 2.69. The van der Waals surface area contributed by atoms with Crippen LogP contribution in [0, 0.1) is 46.3 Å². The molecule has 0 amide bonds. The molecule has 3 nitrogen and oxygen atoms in total. The van der Waals surface area contributed by atoms with Crippen LogP contribution in [0.25, 0.3) is 0 Å². The number of methoxy groups -OCH3 is 1. The van der Waals surface area contributed by atoms with Gasteiger partial charge in [-0.05, 0) is 104 Å². The SMILES string of the molecule is COC[C@]1(O)CC[C@@]2(C)[C@H](CC[C@@H]3[C@@H]2CC[C@]2(C)[C@@H]([C@H](C)[C@@H](O)C(C)(F)F)CC[C@@H]32)C1. The van der Waals surface area contributed by atoms with Gasteiger partial charge in [-0.1, -0.05) is 20.8 Å². The van der Waals surface area contributed by atoms with Crippen molar-refractivity contribution >= 4 is 0 Å². The summed E-state index contributed by atoms with van der Waals surface area (Å²) < 4.78 is 33.1. The summed E-state index contributed by atoms with van der Waals surface area (Å²) in [6, 6.07) is 0. The molecule has 5 heteroatoms. The molecule has 0 saturated heterocycles. The molecule has 0 spiro atoms. The first-order chi connectivity index (χ1) is 14.4. The quantitative estimate of drug-likeness (QED) is 0.576. The molecular formula is C26H44F2O3. The summed E-state index contributed by atoms with van der Waals surface area (Å²) in [7, 11) is 1.67. The van der Waals surface area contributed by atoms with Gasteiger partial charge in [0.1, 0.15) is 6.10 Å². The molecule has 0 aromatic rings. The third-order valence-corrected chi connectivity index (χ3v) is 11.0. The first kappa shape index (κ1) is 23.9. The molecule has 180 valence electrons. The summed E-state index contributed by atoms with van der Waals surface area (Å²) in [5.41, 5.74) is -0.351. The standard InChI is InChI=1S/C26H44F2O3/c1-16(22(29)25(4,27)28)19-8-9-20-18-7-6-17-14-26(30,15-31-5)13-12-23(17,2)21(18)10-11-24(19,20)3/h16-22,29-30H,6-15H2,1-5H3/t16-,17+,18-,19+,20-,21-,22+,23-,24+,26-/m0/s1. The maximum atomic E-state index is 13.9. The first-order valence-electron chi connectivity index (χ1n) is 12.6. The van der Waals surface area contributed by atoms with Crippen LogP contribution < -0.4 is 0 Å². The molecule has 0 aromatic heterocycles. The fourth-order valence-electron chi connectivity index (χ4n) is 9.31. The van der Waals surface area contributed by atoms with Crippen LogP contribution in [0.1, 0.15) is 85.5 Å². The second-order valence-corrected chi connectivity index (χ2v) is 12.5. The van der Waals surface area contributed by atoms with Crippen LogP contribution in [-0.4, -0.2) is 41.6 Å². The van der Waals surface area contributed by atoms with E-state index in [9.17, 15) is 19.0 Å². The van der Waals surface area contributed by atoms with E-state index in [2.05, 4.69) is 13.8 Å². The third kappa shape index (κ3) is 3.79. The summed E-state index contributed by atoms with van der Waals surface area (Å²) in [6.07, 6.45) is 7.84. The third-order valence-electron chi connectivity index (χ3n) is 11.0. The highest BCUT2D eigenvalue weighted by atomic mass is 19.3. The van der Waals surface area contributed by atoms with Crippen LogP contribution in [-0.2, 0) is 4.74 Å². The predicted octanol–water partition coefficient (Wildman–Crippen LogP) is 5.68. The van der Waals surface area contributed by atoms with Crippen molar-refractivity contribution in [1.29, 1.82) is 0 Å². The summed E-state index contributed by atoms with van der Waals surface area (Å²) in [5.74, 6) is -0.802. The van der Waals surface area contributed by atoms with Crippen molar-refractivity contribution in [2.75, 3.05) is 13.7 Å². The normalized spacial score (nSPS) is 49.6. The summed E-state index contributed by atoms with van der Waals surface area (Å²) in [4.78, 5) is 0. The highest BCUT2D eigenvalue weighted by molar-refractivity contribution is 5.11. The Morgan fingerprint density at radius 2 is 1.68 bits per heavy atom. The molecule has 0 aromatic carbocycles. The molecule has 4 aliphatic rings. The lowest BCUT2D eigenvalue weighted by atomic mass is 9.43. The highest BCUT2D eigenvalue weighted by Gasteiger charge is 2.62. The molecule has 4 rings (SSSR count). The Morgan fingerprint density at radius 3 is 2.32 bits per heavy atom. The van der Waals surface area contributed by atoms with Gasteiger partial charge in [0, 0.05) is 14.0 Å². The lowest BCUT2D eigenvalue weighted by Crippen LogP contribution is -2.57. The second-order valence-electron chi connectivity index (χ2n) is 12.5. The van der Waals surface area contributed by atoms with E-state index in [0.717, 1.165) is 58.3 Å². The van der Waals surface area contributed by atoms with Gasteiger partial charge < -0.3 is 14.9 Å². The molecule has 0 radical (unpaired) electrons. The molecule has 4 fully saturated rings. The van der Waals surface area contributed by atoms with Crippen LogP contribution in [0.3, 0.4) is 0 Å². The van der Waals surface area contributed by atoms with Crippen molar-refractivity contribution in [2.45, 2.75) is 103 Å². The molecule has 10 atom stereocenters. The van der Waals surface area contributed by atoms with Crippen molar-refractivity contribution in [3.8, 4) is 0 Å². The number of aliphatic hydroxyl groups is 2. The Kier molecular flexibility index (Phi) is 6.09. The van der Waals surface area contributed by atoms with Crippen LogP contribution in [0.2, 0.25) is 0 Å². The number of alkyl halides is 2. The smallest absolute Gasteiger partial charge is 0.270 e. The maximum Gasteiger partial charge on any atom is 0.270 e. The zero-order chi connectivity index (χ0) is 22.8. The molecule has 2 N–H and O–H groups in total. The van der Waals surface area contributed by atoms with E-state index in [1.54, 1.807) is 7.11 Å². The number of ether oxygens (including phenoxy) is 1. The largest absolute Gasteiger partial charge is 0.387 e. The fraction of sp³-hybridized carbons (Fsp3) is 1.00. The van der Waals surface area contributed by atoms with Crippen LogP contribution in [0.5, 0.6) is 0 Å². The Morgan fingerprint density at radius 1 is 1.00 bits per heavy atom. The van der Waals surface area contributed by atoms with Crippen LogP contribution >= 0.6 is 0 Å². The molecule has 0 aliphatic heterocycles. The van der Waals surface area contributed by atoms with Crippen molar-refractivity contribution in [3.05, 3.63) is 0 Å². The molecule has 4 saturated carbocycles. The lowest BCUT2D eigenvalue weighted by Gasteiger charge is -2.62. The number of halogens is 2.